The second kappa shape index (κ2) is 6.21. The largest absolute Gasteiger partial charge is 0.481 e. The fraction of sp³-hybridized carbons (Fsp3) is 0.500. The molecule has 0 bridgehead atoms. The Morgan fingerprint density at radius 3 is 2.22 bits per heavy atom. The highest BCUT2D eigenvalue weighted by molar-refractivity contribution is 7.91. The van der Waals surface area contributed by atoms with E-state index < -0.39 is 31.7 Å². The molecular formula is C14H19NO6S2. The molecule has 1 N–H and O–H groups in total. The molecule has 0 atom stereocenters. The molecule has 1 aromatic rings. The van der Waals surface area contributed by atoms with Crippen LogP contribution in [0.25, 0.3) is 0 Å². The molecule has 0 aromatic heterocycles. The Balaban J connectivity index is 2.36. The van der Waals surface area contributed by atoms with E-state index in [1.165, 1.54) is 22.5 Å². The van der Waals surface area contributed by atoms with Gasteiger partial charge in [0, 0.05) is 19.3 Å². The van der Waals surface area contributed by atoms with Crippen molar-refractivity contribution in [3.8, 4) is 0 Å². The SMILES string of the molecule is Cc1ccc(S(C)(=O)=O)cc1S(=O)(=O)N1CCC(C(=O)O)CC1. The van der Waals surface area contributed by atoms with Crippen LogP contribution in [-0.4, -0.2) is 51.6 Å². The van der Waals surface area contributed by atoms with Crippen LogP contribution >= 0.6 is 0 Å². The van der Waals surface area contributed by atoms with E-state index in [-0.39, 0.29) is 35.7 Å². The number of carboxylic acids is 1. The molecule has 1 fully saturated rings. The van der Waals surface area contributed by atoms with Crippen LogP contribution in [0.15, 0.2) is 28.0 Å². The van der Waals surface area contributed by atoms with E-state index in [1.54, 1.807) is 6.92 Å². The zero-order valence-electron chi connectivity index (χ0n) is 12.9. The van der Waals surface area contributed by atoms with Crippen LogP contribution in [0.2, 0.25) is 0 Å². The Bertz CT molecular complexity index is 821. The molecule has 1 heterocycles. The molecule has 0 saturated carbocycles. The van der Waals surface area contributed by atoms with E-state index in [4.69, 9.17) is 5.11 Å². The Morgan fingerprint density at radius 2 is 1.74 bits per heavy atom. The fourth-order valence-electron chi connectivity index (χ4n) is 2.57. The number of sulfonamides is 1. The lowest BCUT2D eigenvalue weighted by Crippen LogP contribution is -2.40. The summed E-state index contributed by atoms with van der Waals surface area (Å²) in [5.74, 6) is -1.46. The zero-order chi connectivity index (χ0) is 17.4. The summed E-state index contributed by atoms with van der Waals surface area (Å²) in [7, 11) is -7.36. The number of aliphatic carboxylic acids is 1. The van der Waals surface area contributed by atoms with Crippen molar-refractivity contribution in [3.63, 3.8) is 0 Å². The minimum atomic E-state index is -3.85. The maximum Gasteiger partial charge on any atom is 0.306 e. The predicted octanol–water partition coefficient (Wildman–Crippen LogP) is 0.884. The zero-order valence-corrected chi connectivity index (χ0v) is 14.5. The summed E-state index contributed by atoms with van der Waals surface area (Å²) >= 11 is 0. The number of carbonyl (C=O) groups is 1. The van der Waals surface area contributed by atoms with Gasteiger partial charge >= 0.3 is 5.97 Å². The monoisotopic (exact) mass is 361 g/mol. The number of nitrogens with zero attached hydrogens (tertiary/aromatic N) is 1. The summed E-state index contributed by atoms with van der Waals surface area (Å²) in [4.78, 5) is 10.9. The van der Waals surface area contributed by atoms with Gasteiger partial charge in [0.25, 0.3) is 0 Å². The third-order valence-corrected chi connectivity index (χ3v) is 7.16. The van der Waals surface area contributed by atoms with Crippen LogP contribution in [-0.2, 0) is 24.7 Å². The van der Waals surface area contributed by atoms with Crippen LogP contribution < -0.4 is 0 Å². The van der Waals surface area contributed by atoms with Gasteiger partial charge in [-0.1, -0.05) is 6.07 Å². The number of sulfone groups is 1. The van der Waals surface area contributed by atoms with Crippen molar-refractivity contribution in [1.82, 2.24) is 4.31 Å². The van der Waals surface area contributed by atoms with Crippen molar-refractivity contribution in [2.75, 3.05) is 19.3 Å². The average Bonchev–Trinajstić information content (AvgIpc) is 2.46. The summed E-state index contributed by atoms with van der Waals surface area (Å²) < 4.78 is 50.0. The highest BCUT2D eigenvalue weighted by Crippen LogP contribution is 2.27. The van der Waals surface area contributed by atoms with E-state index >= 15 is 0 Å². The van der Waals surface area contributed by atoms with Crippen molar-refractivity contribution in [1.29, 1.82) is 0 Å². The van der Waals surface area contributed by atoms with E-state index in [0.29, 0.717) is 5.56 Å². The molecule has 1 aromatic carbocycles. The van der Waals surface area contributed by atoms with E-state index in [0.717, 1.165) is 6.26 Å². The second-order valence-corrected chi connectivity index (χ2v) is 9.64. The average molecular weight is 361 g/mol. The molecule has 1 aliphatic heterocycles. The number of carboxylic acid groups (broad SMARTS) is 1. The first kappa shape index (κ1) is 17.9. The molecule has 0 unspecified atom stereocenters. The minimum Gasteiger partial charge on any atom is -0.481 e. The van der Waals surface area contributed by atoms with Gasteiger partial charge in [0.05, 0.1) is 15.7 Å². The number of hydrogen-bond acceptors (Lipinski definition) is 5. The van der Waals surface area contributed by atoms with Crippen molar-refractivity contribution >= 4 is 25.8 Å². The van der Waals surface area contributed by atoms with E-state index in [2.05, 4.69) is 0 Å². The van der Waals surface area contributed by atoms with Crippen LogP contribution in [0, 0.1) is 12.8 Å². The number of rotatable bonds is 4. The molecule has 0 amide bonds. The van der Waals surface area contributed by atoms with Crippen molar-refractivity contribution in [3.05, 3.63) is 23.8 Å². The van der Waals surface area contributed by atoms with E-state index in [1.807, 2.05) is 0 Å². The standard InChI is InChI=1S/C14H19NO6S2/c1-10-3-4-12(22(2,18)19)9-13(10)23(20,21)15-7-5-11(6-8-15)14(16)17/h3-4,9,11H,5-8H2,1-2H3,(H,16,17). The Hall–Kier alpha value is -1.45. The highest BCUT2D eigenvalue weighted by Gasteiger charge is 2.33. The fourth-order valence-corrected chi connectivity index (χ4v) is 5.01. The quantitative estimate of drug-likeness (QED) is 0.853. The van der Waals surface area contributed by atoms with Gasteiger partial charge < -0.3 is 5.11 Å². The minimum absolute atomic E-state index is 0.0470. The molecule has 128 valence electrons. The second-order valence-electron chi connectivity index (χ2n) is 5.72. The first-order valence-electron chi connectivity index (χ1n) is 7.07. The van der Waals surface area contributed by atoms with Crippen LogP contribution in [0.1, 0.15) is 18.4 Å². The number of hydrogen-bond donors (Lipinski definition) is 1. The molecule has 0 aliphatic carbocycles. The smallest absolute Gasteiger partial charge is 0.306 e. The lowest BCUT2D eigenvalue weighted by atomic mass is 9.99. The maximum atomic E-state index is 12.7. The maximum absolute atomic E-state index is 12.7. The highest BCUT2D eigenvalue weighted by atomic mass is 32.2. The summed E-state index contributed by atoms with van der Waals surface area (Å²) in [6.45, 7) is 1.83. The molecule has 0 spiro atoms. The molecule has 9 heteroatoms. The Kier molecular flexibility index (Phi) is 4.84. The normalized spacial score (nSPS) is 18.0. The summed E-state index contributed by atoms with van der Waals surface area (Å²) in [5.41, 5.74) is 0.456. The van der Waals surface area contributed by atoms with Gasteiger partial charge in [0.15, 0.2) is 9.84 Å². The number of benzene rings is 1. The van der Waals surface area contributed by atoms with Gasteiger partial charge in [0.2, 0.25) is 10.0 Å². The topological polar surface area (TPSA) is 109 Å². The first-order chi connectivity index (χ1) is 10.5. The number of aryl methyl sites for hydroxylation is 1. The molecule has 7 nitrogen and oxygen atoms in total. The van der Waals surface area contributed by atoms with Gasteiger partial charge in [-0.05, 0) is 37.5 Å². The van der Waals surface area contributed by atoms with Crippen molar-refractivity contribution in [2.45, 2.75) is 29.6 Å². The summed E-state index contributed by atoms with van der Waals surface area (Å²) in [6, 6.07) is 4.01. The Morgan fingerprint density at radius 1 is 1.17 bits per heavy atom. The molecule has 1 saturated heterocycles. The van der Waals surface area contributed by atoms with Gasteiger partial charge in [-0.3, -0.25) is 4.79 Å². The summed E-state index contributed by atoms with van der Waals surface area (Å²) in [5, 5.41) is 8.98. The van der Waals surface area contributed by atoms with Crippen molar-refractivity contribution < 1.29 is 26.7 Å². The Labute approximate surface area is 135 Å². The van der Waals surface area contributed by atoms with Crippen LogP contribution in [0.5, 0.6) is 0 Å². The molecule has 1 aliphatic rings. The lowest BCUT2D eigenvalue weighted by molar-refractivity contribution is -0.142. The predicted molar refractivity (Wildman–Crippen MR) is 83.4 cm³/mol. The van der Waals surface area contributed by atoms with Gasteiger partial charge in [-0.2, -0.15) is 4.31 Å². The van der Waals surface area contributed by atoms with Crippen molar-refractivity contribution in [2.24, 2.45) is 5.92 Å². The number of piperidine rings is 1. The molecule has 23 heavy (non-hydrogen) atoms. The third-order valence-electron chi connectivity index (χ3n) is 4.01. The van der Waals surface area contributed by atoms with Crippen LogP contribution in [0.3, 0.4) is 0 Å². The molecule has 2 rings (SSSR count). The van der Waals surface area contributed by atoms with E-state index in [9.17, 15) is 21.6 Å². The van der Waals surface area contributed by atoms with Gasteiger partial charge in [-0.15, -0.1) is 0 Å². The van der Waals surface area contributed by atoms with Gasteiger partial charge in [0.1, 0.15) is 0 Å². The van der Waals surface area contributed by atoms with Gasteiger partial charge in [-0.25, -0.2) is 16.8 Å². The first-order valence-corrected chi connectivity index (χ1v) is 10.4. The third kappa shape index (κ3) is 3.73. The summed E-state index contributed by atoms with van der Waals surface area (Å²) in [6.07, 6.45) is 1.52. The lowest BCUT2D eigenvalue weighted by Gasteiger charge is -2.29. The molecule has 0 radical (unpaired) electrons. The molecular weight excluding hydrogens is 342 g/mol. The van der Waals surface area contributed by atoms with Crippen LogP contribution in [0.4, 0.5) is 0 Å².